The number of amides is 2. The van der Waals surface area contributed by atoms with Gasteiger partial charge in [0.15, 0.2) is 6.10 Å². The number of carboxylic acid groups (broad SMARTS) is 1. The van der Waals surface area contributed by atoms with Crippen molar-refractivity contribution < 1.29 is 29.1 Å². The first kappa shape index (κ1) is 23.3. The lowest BCUT2D eigenvalue weighted by Crippen LogP contribution is -2.48. The molecule has 1 saturated carbocycles. The Morgan fingerprint density at radius 3 is 2.24 bits per heavy atom. The SMILES string of the molecule is CC#CCC(NC(=O)OCC1c2ccccc2-c2ccccc21)C(=O)NOC(C(=O)O)C1CC1. The second-order valence-electron chi connectivity index (χ2n) is 8.33. The molecule has 0 spiro atoms. The van der Waals surface area contributed by atoms with Crippen molar-refractivity contribution in [1.29, 1.82) is 0 Å². The molecule has 2 aromatic carbocycles. The zero-order valence-corrected chi connectivity index (χ0v) is 18.7. The van der Waals surface area contributed by atoms with Gasteiger partial charge in [-0.2, -0.15) is 0 Å². The van der Waals surface area contributed by atoms with Gasteiger partial charge in [-0.15, -0.1) is 11.8 Å². The summed E-state index contributed by atoms with van der Waals surface area (Å²) in [6, 6.07) is 14.9. The van der Waals surface area contributed by atoms with E-state index in [4.69, 9.17) is 9.57 Å². The summed E-state index contributed by atoms with van der Waals surface area (Å²) >= 11 is 0. The molecule has 2 aromatic rings. The molecule has 0 radical (unpaired) electrons. The molecule has 3 N–H and O–H groups in total. The van der Waals surface area contributed by atoms with Gasteiger partial charge >= 0.3 is 12.1 Å². The summed E-state index contributed by atoms with van der Waals surface area (Å²) < 4.78 is 5.50. The van der Waals surface area contributed by atoms with Crippen LogP contribution in [0, 0.1) is 17.8 Å². The largest absolute Gasteiger partial charge is 0.479 e. The van der Waals surface area contributed by atoms with E-state index < -0.39 is 30.1 Å². The highest BCUT2D eigenvalue weighted by Crippen LogP contribution is 2.44. The van der Waals surface area contributed by atoms with E-state index in [0.717, 1.165) is 35.1 Å². The Morgan fingerprint density at radius 2 is 1.68 bits per heavy atom. The highest BCUT2D eigenvalue weighted by atomic mass is 16.7. The molecular weight excluding hydrogens is 436 g/mol. The Kier molecular flexibility index (Phi) is 7.14. The standard InChI is InChI=1S/C26H26N2O6/c1-2-3-12-22(24(29)28-34-23(25(30)31)16-13-14-16)27-26(32)33-15-21-19-10-6-4-8-17(19)18-9-5-7-11-20(18)21/h4-11,16,21-23H,12-15H2,1H3,(H,27,32)(H,28,29)(H,30,31). The van der Waals surface area contributed by atoms with Gasteiger partial charge in [0.2, 0.25) is 0 Å². The summed E-state index contributed by atoms with van der Waals surface area (Å²) in [5.41, 5.74) is 6.55. The van der Waals surface area contributed by atoms with Crippen molar-refractivity contribution in [2.24, 2.45) is 5.92 Å². The maximum atomic E-state index is 12.6. The van der Waals surface area contributed by atoms with Crippen LogP contribution in [0.2, 0.25) is 0 Å². The van der Waals surface area contributed by atoms with Gasteiger partial charge in [0.1, 0.15) is 12.6 Å². The number of hydrogen-bond acceptors (Lipinski definition) is 5. The minimum absolute atomic E-state index is 0.0249. The van der Waals surface area contributed by atoms with E-state index in [2.05, 4.69) is 22.6 Å². The van der Waals surface area contributed by atoms with Gasteiger partial charge in [-0.25, -0.2) is 15.1 Å². The number of carbonyl (C=O) groups excluding carboxylic acids is 2. The molecule has 2 aliphatic carbocycles. The molecule has 34 heavy (non-hydrogen) atoms. The van der Waals surface area contributed by atoms with Crippen molar-refractivity contribution in [2.45, 2.75) is 44.2 Å². The quantitative estimate of drug-likeness (QED) is 0.390. The van der Waals surface area contributed by atoms with Crippen LogP contribution in [0.25, 0.3) is 11.1 Å². The average molecular weight is 463 g/mol. The summed E-state index contributed by atoms with van der Waals surface area (Å²) in [4.78, 5) is 41.6. The normalized spacial score (nSPS) is 15.7. The van der Waals surface area contributed by atoms with E-state index in [1.807, 2.05) is 48.5 Å². The van der Waals surface area contributed by atoms with Crippen molar-refractivity contribution in [3.8, 4) is 23.0 Å². The first-order chi connectivity index (χ1) is 16.5. The first-order valence-corrected chi connectivity index (χ1v) is 11.2. The Labute approximate surface area is 197 Å². The fourth-order valence-corrected chi connectivity index (χ4v) is 4.14. The first-order valence-electron chi connectivity index (χ1n) is 11.2. The van der Waals surface area contributed by atoms with Gasteiger partial charge in [-0.3, -0.25) is 9.63 Å². The smallest absolute Gasteiger partial charge is 0.407 e. The van der Waals surface area contributed by atoms with Crippen LogP contribution in [0.15, 0.2) is 48.5 Å². The minimum Gasteiger partial charge on any atom is -0.479 e. The number of rotatable bonds is 9. The van der Waals surface area contributed by atoms with Gasteiger partial charge in [-0.05, 0) is 47.9 Å². The molecule has 0 saturated heterocycles. The summed E-state index contributed by atoms with van der Waals surface area (Å²) in [7, 11) is 0. The van der Waals surface area contributed by atoms with Crippen LogP contribution < -0.4 is 10.8 Å². The van der Waals surface area contributed by atoms with Crippen LogP contribution in [-0.4, -0.2) is 41.8 Å². The molecule has 2 aliphatic rings. The lowest BCUT2D eigenvalue weighted by atomic mass is 9.98. The summed E-state index contributed by atoms with van der Waals surface area (Å²) in [6.45, 7) is 1.72. The topological polar surface area (TPSA) is 114 Å². The third kappa shape index (κ3) is 5.21. The Bertz CT molecular complexity index is 1100. The number of carboxylic acids is 1. The third-order valence-corrected chi connectivity index (χ3v) is 6.02. The molecule has 1 fully saturated rings. The van der Waals surface area contributed by atoms with E-state index in [1.165, 1.54) is 0 Å². The van der Waals surface area contributed by atoms with E-state index in [-0.39, 0.29) is 24.9 Å². The number of alkyl carbamates (subject to hydrolysis) is 1. The van der Waals surface area contributed by atoms with Crippen LogP contribution >= 0.6 is 0 Å². The molecule has 0 aliphatic heterocycles. The monoisotopic (exact) mass is 462 g/mol. The van der Waals surface area contributed by atoms with Gasteiger partial charge in [-0.1, -0.05) is 48.5 Å². The molecule has 2 amide bonds. The van der Waals surface area contributed by atoms with Crippen LogP contribution in [0.1, 0.15) is 43.2 Å². The van der Waals surface area contributed by atoms with E-state index in [1.54, 1.807) is 6.92 Å². The van der Waals surface area contributed by atoms with Crippen molar-refractivity contribution in [2.75, 3.05) is 6.61 Å². The number of carbonyl (C=O) groups is 3. The molecule has 2 unspecified atom stereocenters. The van der Waals surface area contributed by atoms with Crippen molar-refractivity contribution in [1.82, 2.24) is 10.8 Å². The number of benzene rings is 2. The van der Waals surface area contributed by atoms with E-state index in [9.17, 15) is 19.5 Å². The van der Waals surface area contributed by atoms with Gasteiger partial charge < -0.3 is 15.2 Å². The van der Waals surface area contributed by atoms with Crippen LogP contribution in [0.3, 0.4) is 0 Å². The zero-order valence-electron chi connectivity index (χ0n) is 18.7. The van der Waals surface area contributed by atoms with E-state index in [0.29, 0.717) is 0 Å². The lowest BCUT2D eigenvalue weighted by Gasteiger charge is -2.19. The van der Waals surface area contributed by atoms with Gasteiger partial charge in [0.25, 0.3) is 5.91 Å². The molecule has 2 atom stereocenters. The molecule has 176 valence electrons. The minimum atomic E-state index is -1.14. The molecule has 0 heterocycles. The van der Waals surface area contributed by atoms with E-state index >= 15 is 0 Å². The second-order valence-corrected chi connectivity index (χ2v) is 8.33. The molecule has 8 nitrogen and oxygen atoms in total. The van der Waals surface area contributed by atoms with Crippen LogP contribution in [0.5, 0.6) is 0 Å². The van der Waals surface area contributed by atoms with Crippen molar-refractivity contribution in [3.63, 3.8) is 0 Å². The number of ether oxygens (including phenoxy) is 1. The fourth-order valence-electron chi connectivity index (χ4n) is 4.14. The zero-order chi connectivity index (χ0) is 24.1. The summed E-state index contributed by atoms with van der Waals surface area (Å²) in [5.74, 6) is 3.36. The predicted molar refractivity (Wildman–Crippen MR) is 123 cm³/mol. The average Bonchev–Trinajstić information content (AvgIpc) is 3.62. The van der Waals surface area contributed by atoms with Crippen molar-refractivity contribution in [3.05, 3.63) is 59.7 Å². The molecular formula is C26H26N2O6. The Hall–Kier alpha value is -3.83. The number of aliphatic carboxylic acids is 1. The highest BCUT2D eigenvalue weighted by molar-refractivity contribution is 5.85. The molecule has 4 rings (SSSR count). The number of fused-ring (bicyclic) bond motifs is 3. The fraction of sp³-hybridized carbons (Fsp3) is 0.346. The predicted octanol–water partition coefficient (Wildman–Crippen LogP) is 3.22. The molecule has 0 aromatic heterocycles. The lowest BCUT2D eigenvalue weighted by molar-refractivity contribution is -0.163. The van der Waals surface area contributed by atoms with Gasteiger partial charge in [0, 0.05) is 12.3 Å². The number of hydroxylamine groups is 1. The maximum absolute atomic E-state index is 12.6. The summed E-state index contributed by atoms with van der Waals surface area (Å²) in [5, 5.41) is 11.8. The van der Waals surface area contributed by atoms with Crippen molar-refractivity contribution >= 4 is 18.0 Å². The number of nitrogens with one attached hydrogen (secondary N) is 2. The Morgan fingerprint density at radius 1 is 1.06 bits per heavy atom. The molecule has 0 bridgehead atoms. The highest BCUT2D eigenvalue weighted by Gasteiger charge is 2.38. The summed E-state index contributed by atoms with van der Waals surface area (Å²) in [6.07, 6.45) is -0.393. The number of hydrogen-bond donors (Lipinski definition) is 3. The van der Waals surface area contributed by atoms with Crippen LogP contribution in [0.4, 0.5) is 4.79 Å². The third-order valence-electron chi connectivity index (χ3n) is 6.02. The second kappa shape index (κ2) is 10.4. The maximum Gasteiger partial charge on any atom is 0.407 e. The van der Waals surface area contributed by atoms with Gasteiger partial charge in [0.05, 0.1) is 0 Å². The molecule has 8 heteroatoms. The van der Waals surface area contributed by atoms with Crippen LogP contribution in [-0.2, 0) is 19.2 Å². The Balaban J connectivity index is 1.37.